The summed E-state index contributed by atoms with van der Waals surface area (Å²) in [5, 5.41) is 4.18. The third kappa shape index (κ3) is 2.14. The van der Waals surface area contributed by atoms with Crippen LogP contribution in [0, 0.1) is 0 Å². The van der Waals surface area contributed by atoms with Crippen molar-refractivity contribution in [2.75, 3.05) is 31.2 Å². The van der Waals surface area contributed by atoms with Gasteiger partial charge in [0.2, 0.25) is 0 Å². The molecule has 5 nitrogen and oxygen atoms in total. The number of hydrogen-bond acceptors (Lipinski definition) is 4. The van der Waals surface area contributed by atoms with E-state index in [2.05, 4.69) is 21.0 Å². The molecule has 2 aromatic rings. The van der Waals surface area contributed by atoms with Crippen molar-refractivity contribution in [1.29, 1.82) is 0 Å². The Hall–Kier alpha value is -1.88. The quantitative estimate of drug-likeness (QED) is 0.775. The molecular formula is C12H14N4O. The molecule has 0 amide bonds. The van der Waals surface area contributed by atoms with Crippen LogP contribution in [0.4, 0.5) is 5.69 Å². The number of hydrogen-bond donors (Lipinski definition) is 0. The average molecular weight is 230 g/mol. The van der Waals surface area contributed by atoms with Crippen LogP contribution in [0.25, 0.3) is 5.82 Å². The van der Waals surface area contributed by atoms with Crippen LogP contribution in [-0.2, 0) is 4.74 Å². The van der Waals surface area contributed by atoms with Crippen LogP contribution in [-0.4, -0.2) is 41.1 Å². The van der Waals surface area contributed by atoms with Gasteiger partial charge in [-0.1, -0.05) is 0 Å². The monoisotopic (exact) mass is 230 g/mol. The Kier molecular flexibility index (Phi) is 2.75. The summed E-state index contributed by atoms with van der Waals surface area (Å²) in [6, 6.07) is 5.97. The van der Waals surface area contributed by atoms with Gasteiger partial charge in [-0.2, -0.15) is 5.10 Å². The normalized spacial score (nSPS) is 16.1. The number of nitrogens with zero attached hydrogens (tertiary/aromatic N) is 4. The highest BCUT2D eigenvalue weighted by Crippen LogP contribution is 2.17. The summed E-state index contributed by atoms with van der Waals surface area (Å²) in [7, 11) is 0. The molecule has 0 aliphatic carbocycles. The van der Waals surface area contributed by atoms with E-state index in [-0.39, 0.29) is 0 Å². The van der Waals surface area contributed by atoms with E-state index in [9.17, 15) is 0 Å². The van der Waals surface area contributed by atoms with Gasteiger partial charge in [-0.15, -0.1) is 0 Å². The molecule has 0 aromatic carbocycles. The zero-order valence-corrected chi connectivity index (χ0v) is 9.49. The average Bonchev–Trinajstić information content (AvgIpc) is 2.94. The number of rotatable bonds is 2. The van der Waals surface area contributed by atoms with Crippen LogP contribution in [0.3, 0.4) is 0 Å². The number of pyridine rings is 1. The molecular weight excluding hydrogens is 216 g/mol. The summed E-state index contributed by atoms with van der Waals surface area (Å²) in [6.07, 6.45) is 5.47. The van der Waals surface area contributed by atoms with Gasteiger partial charge >= 0.3 is 0 Å². The minimum Gasteiger partial charge on any atom is -0.378 e. The van der Waals surface area contributed by atoms with Crippen molar-refractivity contribution in [2.24, 2.45) is 0 Å². The predicted octanol–water partition coefficient (Wildman–Crippen LogP) is 1.10. The fourth-order valence-electron chi connectivity index (χ4n) is 1.96. The fourth-order valence-corrected chi connectivity index (χ4v) is 1.96. The van der Waals surface area contributed by atoms with E-state index in [1.807, 2.05) is 24.5 Å². The Bertz CT molecular complexity index is 477. The molecule has 17 heavy (non-hydrogen) atoms. The number of aromatic nitrogens is 3. The van der Waals surface area contributed by atoms with Crippen molar-refractivity contribution in [3.8, 4) is 5.82 Å². The van der Waals surface area contributed by atoms with Crippen molar-refractivity contribution in [3.05, 3.63) is 36.8 Å². The van der Waals surface area contributed by atoms with E-state index in [1.165, 1.54) is 5.69 Å². The van der Waals surface area contributed by atoms with Crippen LogP contribution in [0.1, 0.15) is 0 Å². The Morgan fingerprint density at radius 3 is 2.82 bits per heavy atom. The molecule has 1 aliphatic heterocycles. The second kappa shape index (κ2) is 4.55. The topological polar surface area (TPSA) is 43.2 Å². The van der Waals surface area contributed by atoms with Crippen LogP contribution >= 0.6 is 0 Å². The summed E-state index contributed by atoms with van der Waals surface area (Å²) < 4.78 is 7.12. The SMILES string of the molecule is c1cnn(-c2cc(N3CCOCC3)ccn2)c1. The highest BCUT2D eigenvalue weighted by atomic mass is 16.5. The molecule has 0 radical (unpaired) electrons. The number of morpholine rings is 1. The van der Waals surface area contributed by atoms with Crippen molar-refractivity contribution < 1.29 is 4.74 Å². The predicted molar refractivity (Wildman–Crippen MR) is 64.4 cm³/mol. The van der Waals surface area contributed by atoms with Crippen LogP contribution < -0.4 is 4.90 Å². The van der Waals surface area contributed by atoms with Gasteiger partial charge in [-0.25, -0.2) is 9.67 Å². The van der Waals surface area contributed by atoms with Crippen molar-refractivity contribution in [3.63, 3.8) is 0 Å². The standard InChI is InChI=1S/C12H14N4O/c1-3-14-16(5-1)12-10-11(2-4-13-12)15-6-8-17-9-7-15/h1-5,10H,6-9H2. The molecule has 88 valence electrons. The molecule has 1 fully saturated rings. The molecule has 0 bridgehead atoms. The Labute approximate surface area is 99.6 Å². The van der Waals surface area contributed by atoms with E-state index in [0.717, 1.165) is 32.1 Å². The number of anilines is 1. The minimum absolute atomic E-state index is 0.791. The van der Waals surface area contributed by atoms with Crippen molar-refractivity contribution in [2.45, 2.75) is 0 Å². The molecule has 1 aliphatic rings. The van der Waals surface area contributed by atoms with Gasteiger partial charge in [0.05, 0.1) is 13.2 Å². The first-order chi connectivity index (χ1) is 8.43. The van der Waals surface area contributed by atoms with E-state index in [0.29, 0.717) is 0 Å². The summed E-state index contributed by atoms with van der Waals surface area (Å²) in [6.45, 7) is 3.45. The lowest BCUT2D eigenvalue weighted by Gasteiger charge is -2.28. The largest absolute Gasteiger partial charge is 0.378 e. The molecule has 0 atom stereocenters. The highest BCUT2D eigenvalue weighted by Gasteiger charge is 2.11. The van der Waals surface area contributed by atoms with Gasteiger partial charge in [-0.05, 0) is 12.1 Å². The Balaban J connectivity index is 1.88. The molecule has 0 N–H and O–H groups in total. The maximum absolute atomic E-state index is 5.35. The van der Waals surface area contributed by atoms with Gasteiger partial charge in [0.1, 0.15) is 0 Å². The molecule has 5 heteroatoms. The van der Waals surface area contributed by atoms with Gasteiger partial charge in [0.15, 0.2) is 5.82 Å². The zero-order chi connectivity index (χ0) is 11.5. The molecule has 2 aromatic heterocycles. The smallest absolute Gasteiger partial charge is 0.155 e. The second-order valence-corrected chi connectivity index (χ2v) is 3.92. The first-order valence-electron chi connectivity index (χ1n) is 5.72. The van der Waals surface area contributed by atoms with E-state index >= 15 is 0 Å². The van der Waals surface area contributed by atoms with E-state index in [4.69, 9.17) is 4.74 Å². The van der Waals surface area contributed by atoms with E-state index < -0.39 is 0 Å². The van der Waals surface area contributed by atoms with Crippen LogP contribution in [0.5, 0.6) is 0 Å². The zero-order valence-electron chi connectivity index (χ0n) is 9.49. The third-order valence-corrected chi connectivity index (χ3v) is 2.84. The lowest BCUT2D eigenvalue weighted by molar-refractivity contribution is 0.122. The van der Waals surface area contributed by atoms with Gasteiger partial charge in [-0.3, -0.25) is 0 Å². The van der Waals surface area contributed by atoms with Crippen LogP contribution in [0.2, 0.25) is 0 Å². The maximum atomic E-state index is 5.35. The molecule has 0 spiro atoms. The third-order valence-electron chi connectivity index (χ3n) is 2.84. The van der Waals surface area contributed by atoms with Crippen LogP contribution in [0.15, 0.2) is 36.8 Å². The van der Waals surface area contributed by atoms with Gasteiger partial charge in [0.25, 0.3) is 0 Å². The van der Waals surface area contributed by atoms with Gasteiger partial charge in [0, 0.05) is 43.4 Å². The second-order valence-electron chi connectivity index (χ2n) is 3.92. The number of ether oxygens (including phenoxy) is 1. The summed E-state index contributed by atoms with van der Waals surface area (Å²) in [5.74, 6) is 0.846. The van der Waals surface area contributed by atoms with Gasteiger partial charge < -0.3 is 9.64 Å². The first-order valence-corrected chi connectivity index (χ1v) is 5.72. The maximum Gasteiger partial charge on any atom is 0.155 e. The Morgan fingerprint density at radius 2 is 2.06 bits per heavy atom. The molecule has 3 heterocycles. The molecule has 0 unspecified atom stereocenters. The lowest BCUT2D eigenvalue weighted by Crippen LogP contribution is -2.36. The molecule has 1 saturated heterocycles. The lowest BCUT2D eigenvalue weighted by atomic mass is 10.3. The van der Waals surface area contributed by atoms with Crippen molar-refractivity contribution in [1.82, 2.24) is 14.8 Å². The van der Waals surface area contributed by atoms with Crippen molar-refractivity contribution >= 4 is 5.69 Å². The first kappa shape index (κ1) is 10.3. The summed E-state index contributed by atoms with van der Waals surface area (Å²) in [4.78, 5) is 6.62. The summed E-state index contributed by atoms with van der Waals surface area (Å²) >= 11 is 0. The Morgan fingerprint density at radius 1 is 1.18 bits per heavy atom. The summed E-state index contributed by atoms with van der Waals surface area (Å²) in [5.41, 5.74) is 1.17. The highest BCUT2D eigenvalue weighted by molar-refractivity contribution is 5.50. The molecule has 0 saturated carbocycles. The van der Waals surface area contributed by atoms with E-state index in [1.54, 1.807) is 10.9 Å². The fraction of sp³-hybridized carbons (Fsp3) is 0.333. The minimum atomic E-state index is 0.791. The molecule has 3 rings (SSSR count).